The van der Waals surface area contributed by atoms with Crippen molar-refractivity contribution in [1.29, 1.82) is 0 Å². The van der Waals surface area contributed by atoms with Crippen molar-refractivity contribution >= 4 is 12.4 Å². The Bertz CT molecular complexity index is 465. The molecule has 1 aliphatic heterocycles. The van der Waals surface area contributed by atoms with Gasteiger partial charge in [0.2, 0.25) is 0 Å². The monoisotopic (exact) mass is 326 g/mol. The Morgan fingerprint density at radius 3 is 2.57 bits per heavy atom. The van der Waals surface area contributed by atoms with E-state index in [1.54, 1.807) is 0 Å². The molecule has 0 spiro atoms. The molecule has 2 nitrogen and oxygen atoms in total. The molecule has 1 saturated heterocycles. The summed E-state index contributed by atoms with van der Waals surface area (Å²) in [4.78, 5) is 2.04. The number of rotatable bonds is 3. The normalized spacial score (nSPS) is 20.1. The molecule has 0 bridgehead atoms. The minimum atomic E-state index is -4.52. The highest BCUT2D eigenvalue weighted by Gasteiger charge is 2.31. The second-order valence-corrected chi connectivity index (χ2v) is 5.32. The molecule has 1 heterocycles. The zero-order chi connectivity index (χ0) is 14.8. The number of piperidine rings is 1. The molecule has 1 aromatic rings. The van der Waals surface area contributed by atoms with Gasteiger partial charge < -0.3 is 5.73 Å². The summed E-state index contributed by atoms with van der Waals surface area (Å²) in [6.07, 6.45) is -2.49. The van der Waals surface area contributed by atoms with Gasteiger partial charge in [-0.25, -0.2) is 4.39 Å². The molecule has 21 heavy (non-hydrogen) atoms. The quantitative estimate of drug-likeness (QED) is 0.862. The smallest absolute Gasteiger partial charge is 0.330 e. The van der Waals surface area contributed by atoms with Crippen LogP contribution in [-0.2, 0) is 12.7 Å². The number of alkyl halides is 3. The van der Waals surface area contributed by atoms with Gasteiger partial charge in [0.25, 0.3) is 0 Å². The van der Waals surface area contributed by atoms with Gasteiger partial charge in [-0.15, -0.1) is 12.4 Å². The van der Waals surface area contributed by atoms with Gasteiger partial charge in [-0.05, 0) is 55.6 Å². The van der Waals surface area contributed by atoms with Crippen molar-refractivity contribution in [1.82, 2.24) is 4.90 Å². The first kappa shape index (κ1) is 18.2. The van der Waals surface area contributed by atoms with Gasteiger partial charge in [-0.3, -0.25) is 4.90 Å². The van der Waals surface area contributed by atoms with Crippen LogP contribution in [0.2, 0.25) is 0 Å². The Hall–Kier alpha value is -0.850. The van der Waals surface area contributed by atoms with Crippen LogP contribution in [0.4, 0.5) is 17.6 Å². The van der Waals surface area contributed by atoms with E-state index >= 15 is 0 Å². The van der Waals surface area contributed by atoms with Crippen molar-refractivity contribution in [2.45, 2.75) is 25.6 Å². The number of hydrogen-bond donors (Lipinski definition) is 1. The third-order valence-corrected chi connectivity index (χ3v) is 3.63. The fraction of sp³-hybridized carbons (Fsp3) is 0.571. The van der Waals surface area contributed by atoms with Crippen LogP contribution in [0.15, 0.2) is 18.2 Å². The van der Waals surface area contributed by atoms with Crippen molar-refractivity contribution in [2.24, 2.45) is 11.7 Å². The van der Waals surface area contributed by atoms with Crippen LogP contribution in [0.5, 0.6) is 0 Å². The molecule has 0 radical (unpaired) electrons. The van der Waals surface area contributed by atoms with Crippen molar-refractivity contribution in [3.05, 3.63) is 35.1 Å². The van der Waals surface area contributed by atoms with Crippen LogP contribution in [0.1, 0.15) is 24.0 Å². The zero-order valence-electron chi connectivity index (χ0n) is 11.5. The standard InChI is InChI=1S/C14H18F4N2.ClH/c15-13-5-11(4-12(6-13)14(16,17)18)9-20-3-1-2-10(7-19)8-20;/h4-6,10H,1-3,7-9,19H2;1H. The summed E-state index contributed by atoms with van der Waals surface area (Å²) in [6, 6.07) is 2.72. The number of nitrogens with zero attached hydrogens (tertiary/aromatic N) is 1. The van der Waals surface area contributed by atoms with E-state index in [-0.39, 0.29) is 12.4 Å². The third kappa shape index (κ3) is 5.13. The first-order valence-electron chi connectivity index (χ1n) is 6.67. The van der Waals surface area contributed by atoms with Crippen LogP contribution < -0.4 is 5.73 Å². The summed E-state index contributed by atoms with van der Waals surface area (Å²) in [7, 11) is 0. The minimum Gasteiger partial charge on any atom is -0.330 e. The Morgan fingerprint density at radius 2 is 1.95 bits per heavy atom. The molecule has 1 aromatic carbocycles. The van der Waals surface area contributed by atoms with E-state index in [0.717, 1.165) is 32.0 Å². The summed E-state index contributed by atoms with van der Waals surface area (Å²) in [6.45, 7) is 2.48. The molecular weight excluding hydrogens is 308 g/mol. The lowest BCUT2D eigenvalue weighted by atomic mass is 9.97. The maximum atomic E-state index is 13.3. The topological polar surface area (TPSA) is 29.3 Å². The third-order valence-electron chi connectivity index (χ3n) is 3.63. The van der Waals surface area contributed by atoms with Gasteiger partial charge in [0.05, 0.1) is 5.56 Å². The first-order chi connectivity index (χ1) is 9.38. The molecule has 0 amide bonds. The summed E-state index contributed by atoms with van der Waals surface area (Å²) in [5.74, 6) is -0.471. The molecule has 7 heteroatoms. The van der Waals surface area contributed by atoms with Gasteiger partial charge in [0.15, 0.2) is 0 Å². The van der Waals surface area contributed by atoms with Crippen molar-refractivity contribution in [3.63, 3.8) is 0 Å². The van der Waals surface area contributed by atoms with Crippen molar-refractivity contribution < 1.29 is 17.6 Å². The molecule has 2 N–H and O–H groups in total. The van der Waals surface area contributed by atoms with Crippen LogP contribution in [0, 0.1) is 11.7 Å². The molecule has 0 aliphatic carbocycles. The average molecular weight is 327 g/mol. The van der Waals surface area contributed by atoms with Crippen LogP contribution in [-0.4, -0.2) is 24.5 Å². The second-order valence-electron chi connectivity index (χ2n) is 5.32. The van der Waals surface area contributed by atoms with E-state index < -0.39 is 17.6 Å². The van der Waals surface area contributed by atoms with Gasteiger partial charge in [0, 0.05) is 13.1 Å². The average Bonchev–Trinajstić information content (AvgIpc) is 2.37. The molecule has 1 unspecified atom stereocenters. The molecule has 1 atom stereocenters. The predicted octanol–water partition coefficient (Wildman–Crippen LogP) is 3.44. The molecule has 2 rings (SSSR count). The SMILES string of the molecule is Cl.NCC1CCCN(Cc2cc(F)cc(C(F)(F)F)c2)C1. The van der Waals surface area contributed by atoms with E-state index in [1.165, 1.54) is 6.07 Å². The summed E-state index contributed by atoms with van der Waals surface area (Å²) in [5, 5.41) is 0. The second kappa shape index (κ2) is 7.42. The first-order valence-corrected chi connectivity index (χ1v) is 6.67. The molecular formula is C14H19ClF4N2. The Balaban J connectivity index is 0.00000220. The highest BCUT2D eigenvalue weighted by atomic mass is 35.5. The van der Waals surface area contributed by atoms with Crippen LogP contribution in [0.25, 0.3) is 0 Å². The lowest BCUT2D eigenvalue weighted by Crippen LogP contribution is -2.37. The number of likely N-dealkylation sites (tertiary alicyclic amines) is 1. The van der Waals surface area contributed by atoms with E-state index in [0.29, 0.717) is 30.6 Å². The van der Waals surface area contributed by atoms with Crippen LogP contribution >= 0.6 is 12.4 Å². The van der Waals surface area contributed by atoms with Crippen molar-refractivity contribution in [2.75, 3.05) is 19.6 Å². The van der Waals surface area contributed by atoms with Gasteiger partial charge in [-0.2, -0.15) is 13.2 Å². The largest absolute Gasteiger partial charge is 0.416 e. The Labute approximate surface area is 127 Å². The molecule has 0 aromatic heterocycles. The number of halogens is 5. The van der Waals surface area contributed by atoms with Gasteiger partial charge in [0.1, 0.15) is 5.82 Å². The number of hydrogen-bond acceptors (Lipinski definition) is 2. The zero-order valence-corrected chi connectivity index (χ0v) is 12.3. The van der Waals surface area contributed by atoms with Gasteiger partial charge >= 0.3 is 6.18 Å². The van der Waals surface area contributed by atoms with E-state index in [9.17, 15) is 17.6 Å². The molecule has 120 valence electrons. The van der Waals surface area contributed by atoms with Crippen molar-refractivity contribution in [3.8, 4) is 0 Å². The molecule has 0 saturated carbocycles. The van der Waals surface area contributed by atoms with E-state index in [2.05, 4.69) is 0 Å². The van der Waals surface area contributed by atoms with E-state index in [4.69, 9.17) is 5.73 Å². The fourth-order valence-corrected chi connectivity index (χ4v) is 2.65. The molecule has 1 fully saturated rings. The minimum absolute atomic E-state index is 0. The number of nitrogens with two attached hydrogens (primary N) is 1. The fourth-order valence-electron chi connectivity index (χ4n) is 2.65. The molecule has 1 aliphatic rings. The predicted molar refractivity (Wildman–Crippen MR) is 75.7 cm³/mol. The highest BCUT2D eigenvalue weighted by molar-refractivity contribution is 5.85. The number of benzene rings is 1. The lowest BCUT2D eigenvalue weighted by molar-refractivity contribution is -0.137. The Morgan fingerprint density at radius 1 is 1.24 bits per heavy atom. The summed E-state index contributed by atoms with van der Waals surface area (Å²) in [5.41, 5.74) is 5.05. The van der Waals surface area contributed by atoms with E-state index in [1.807, 2.05) is 4.90 Å². The van der Waals surface area contributed by atoms with Gasteiger partial charge in [-0.1, -0.05) is 0 Å². The maximum absolute atomic E-state index is 13.3. The summed E-state index contributed by atoms with van der Waals surface area (Å²) < 4.78 is 51.3. The summed E-state index contributed by atoms with van der Waals surface area (Å²) >= 11 is 0. The lowest BCUT2D eigenvalue weighted by Gasteiger charge is -2.32. The Kier molecular flexibility index (Phi) is 6.43. The maximum Gasteiger partial charge on any atom is 0.416 e. The highest BCUT2D eigenvalue weighted by Crippen LogP contribution is 2.31. The van der Waals surface area contributed by atoms with Crippen LogP contribution in [0.3, 0.4) is 0 Å².